The average molecular weight is 319 g/mol. The van der Waals surface area contributed by atoms with E-state index in [9.17, 15) is 4.79 Å². The van der Waals surface area contributed by atoms with E-state index < -0.39 is 0 Å². The van der Waals surface area contributed by atoms with Gasteiger partial charge in [-0.1, -0.05) is 30.3 Å². The highest BCUT2D eigenvalue weighted by molar-refractivity contribution is 6.15. The molecular weight excluding hydrogens is 298 g/mol. The highest BCUT2D eigenvalue weighted by Gasteiger charge is 2.21. The molecule has 0 atom stereocenters. The summed E-state index contributed by atoms with van der Waals surface area (Å²) in [4.78, 5) is 19.7. The van der Waals surface area contributed by atoms with E-state index in [1.54, 1.807) is 6.20 Å². The number of likely N-dealkylation sites (tertiary alicyclic amines) is 1. The van der Waals surface area contributed by atoms with E-state index in [2.05, 4.69) is 28.3 Å². The van der Waals surface area contributed by atoms with Crippen molar-refractivity contribution in [3.05, 3.63) is 54.2 Å². The molecule has 1 N–H and O–H groups in total. The van der Waals surface area contributed by atoms with E-state index in [-0.39, 0.29) is 11.9 Å². The highest BCUT2D eigenvalue weighted by Crippen LogP contribution is 2.27. The average Bonchev–Trinajstić information content (AvgIpc) is 2.63. The predicted molar refractivity (Wildman–Crippen MR) is 97.2 cm³/mol. The third kappa shape index (κ3) is 2.74. The molecule has 0 radical (unpaired) electrons. The number of fused-ring (bicyclic) bond motifs is 3. The van der Waals surface area contributed by atoms with E-state index in [4.69, 9.17) is 0 Å². The van der Waals surface area contributed by atoms with Crippen molar-refractivity contribution in [1.82, 2.24) is 15.2 Å². The van der Waals surface area contributed by atoms with Crippen LogP contribution in [0.5, 0.6) is 0 Å². The second kappa shape index (κ2) is 6.21. The van der Waals surface area contributed by atoms with Crippen LogP contribution < -0.4 is 5.32 Å². The van der Waals surface area contributed by atoms with Crippen molar-refractivity contribution < 1.29 is 4.79 Å². The van der Waals surface area contributed by atoms with Crippen LogP contribution in [0.25, 0.3) is 21.7 Å². The Labute approximate surface area is 141 Å². The fraction of sp³-hybridized carbons (Fsp3) is 0.300. The van der Waals surface area contributed by atoms with Gasteiger partial charge >= 0.3 is 0 Å². The molecular formula is C20H21N3O. The molecule has 1 saturated heterocycles. The van der Waals surface area contributed by atoms with Gasteiger partial charge < -0.3 is 10.2 Å². The van der Waals surface area contributed by atoms with Crippen molar-refractivity contribution in [2.24, 2.45) is 0 Å². The molecule has 2 aromatic carbocycles. The zero-order valence-electron chi connectivity index (χ0n) is 13.8. The molecule has 1 aromatic heterocycles. The Hall–Kier alpha value is -2.46. The Bertz CT molecular complexity index is 898. The summed E-state index contributed by atoms with van der Waals surface area (Å²) in [6.45, 7) is 2.06. The topological polar surface area (TPSA) is 45.2 Å². The van der Waals surface area contributed by atoms with Crippen LogP contribution in [0.3, 0.4) is 0 Å². The lowest BCUT2D eigenvalue weighted by Crippen LogP contribution is -2.43. The number of benzene rings is 2. The van der Waals surface area contributed by atoms with Crippen LogP contribution in [0.2, 0.25) is 0 Å². The fourth-order valence-electron chi connectivity index (χ4n) is 3.52. The summed E-state index contributed by atoms with van der Waals surface area (Å²) in [5.41, 5.74) is 1.45. The van der Waals surface area contributed by atoms with Gasteiger partial charge in [-0.05, 0) is 55.9 Å². The normalized spacial score (nSPS) is 16.5. The zero-order valence-corrected chi connectivity index (χ0v) is 13.8. The molecule has 0 bridgehead atoms. The molecule has 1 amide bonds. The van der Waals surface area contributed by atoms with Crippen molar-refractivity contribution in [2.75, 3.05) is 20.1 Å². The molecule has 0 aliphatic carbocycles. The highest BCUT2D eigenvalue weighted by atomic mass is 16.1. The summed E-state index contributed by atoms with van der Waals surface area (Å²) in [6.07, 6.45) is 3.76. The Morgan fingerprint density at radius 3 is 2.71 bits per heavy atom. The summed E-state index contributed by atoms with van der Waals surface area (Å²) in [5, 5.41) is 6.45. The SMILES string of the molecule is CN1CCC(NC(=O)c2cc3ccccc3c3cccnc23)CC1. The van der Waals surface area contributed by atoms with Gasteiger partial charge in [0.15, 0.2) is 0 Å². The van der Waals surface area contributed by atoms with Crippen LogP contribution >= 0.6 is 0 Å². The molecule has 4 heteroatoms. The predicted octanol–water partition coefficient (Wildman–Crippen LogP) is 3.21. The Balaban J connectivity index is 1.73. The first-order chi connectivity index (χ1) is 11.7. The molecule has 122 valence electrons. The summed E-state index contributed by atoms with van der Waals surface area (Å²) in [5.74, 6) is -0.0148. The van der Waals surface area contributed by atoms with Gasteiger partial charge in [-0.25, -0.2) is 0 Å². The van der Waals surface area contributed by atoms with Gasteiger partial charge in [-0.2, -0.15) is 0 Å². The van der Waals surface area contributed by atoms with Crippen molar-refractivity contribution in [3.63, 3.8) is 0 Å². The van der Waals surface area contributed by atoms with Gasteiger partial charge in [-0.3, -0.25) is 9.78 Å². The monoisotopic (exact) mass is 319 g/mol. The first-order valence-electron chi connectivity index (χ1n) is 8.48. The minimum Gasteiger partial charge on any atom is -0.349 e. The van der Waals surface area contributed by atoms with Crippen LogP contribution in [0.1, 0.15) is 23.2 Å². The number of piperidine rings is 1. The lowest BCUT2D eigenvalue weighted by atomic mass is 9.99. The molecule has 0 saturated carbocycles. The molecule has 0 unspecified atom stereocenters. The third-order valence-electron chi connectivity index (χ3n) is 4.91. The van der Waals surface area contributed by atoms with E-state index in [0.717, 1.165) is 47.6 Å². The van der Waals surface area contributed by atoms with Crippen LogP contribution in [0, 0.1) is 0 Å². The summed E-state index contributed by atoms with van der Waals surface area (Å²) in [7, 11) is 2.12. The quantitative estimate of drug-likeness (QED) is 0.738. The molecule has 4 nitrogen and oxygen atoms in total. The number of nitrogens with zero attached hydrogens (tertiary/aromatic N) is 2. The van der Waals surface area contributed by atoms with Crippen molar-refractivity contribution in [1.29, 1.82) is 0 Å². The first-order valence-corrected chi connectivity index (χ1v) is 8.48. The second-order valence-corrected chi connectivity index (χ2v) is 6.60. The van der Waals surface area contributed by atoms with Crippen LogP contribution in [0.4, 0.5) is 0 Å². The second-order valence-electron chi connectivity index (χ2n) is 6.60. The van der Waals surface area contributed by atoms with Crippen LogP contribution in [-0.2, 0) is 0 Å². The number of nitrogens with one attached hydrogen (secondary N) is 1. The van der Waals surface area contributed by atoms with E-state index in [1.165, 1.54) is 0 Å². The number of carbonyl (C=O) groups excluding carboxylic acids is 1. The van der Waals surface area contributed by atoms with E-state index >= 15 is 0 Å². The molecule has 4 rings (SSSR count). The standard InChI is InChI=1S/C20H21N3O/c1-23-11-8-15(9-12-23)22-20(24)18-13-14-5-2-3-6-16(14)17-7-4-10-21-19(17)18/h2-7,10,13,15H,8-9,11-12H2,1H3,(H,22,24). The van der Waals surface area contributed by atoms with Gasteiger partial charge in [0.25, 0.3) is 5.91 Å². The Kier molecular flexibility index (Phi) is 3.90. The van der Waals surface area contributed by atoms with Gasteiger partial charge in [-0.15, -0.1) is 0 Å². The number of carbonyl (C=O) groups is 1. The fourth-order valence-corrected chi connectivity index (χ4v) is 3.52. The van der Waals surface area contributed by atoms with Crippen molar-refractivity contribution in [3.8, 4) is 0 Å². The third-order valence-corrected chi connectivity index (χ3v) is 4.91. The molecule has 1 aliphatic heterocycles. The van der Waals surface area contributed by atoms with Gasteiger partial charge in [0.05, 0.1) is 11.1 Å². The van der Waals surface area contributed by atoms with E-state index in [0.29, 0.717) is 5.56 Å². The smallest absolute Gasteiger partial charge is 0.253 e. The lowest BCUT2D eigenvalue weighted by Gasteiger charge is -2.29. The summed E-state index contributed by atoms with van der Waals surface area (Å²) in [6, 6.07) is 14.3. The molecule has 24 heavy (non-hydrogen) atoms. The maximum atomic E-state index is 12.9. The number of pyridine rings is 1. The summed E-state index contributed by atoms with van der Waals surface area (Å²) >= 11 is 0. The maximum Gasteiger partial charge on any atom is 0.253 e. The number of hydrogen-bond donors (Lipinski definition) is 1. The van der Waals surface area contributed by atoms with Gasteiger partial charge in [0, 0.05) is 17.6 Å². The van der Waals surface area contributed by atoms with E-state index in [1.807, 2.05) is 36.4 Å². The molecule has 2 heterocycles. The minimum atomic E-state index is -0.0148. The number of amides is 1. The molecule has 1 aliphatic rings. The molecule has 0 spiro atoms. The van der Waals surface area contributed by atoms with Crippen LogP contribution in [-0.4, -0.2) is 42.0 Å². The molecule has 1 fully saturated rings. The minimum absolute atomic E-state index is 0.0148. The Morgan fingerprint density at radius 2 is 1.88 bits per heavy atom. The largest absolute Gasteiger partial charge is 0.349 e. The number of rotatable bonds is 2. The lowest BCUT2D eigenvalue weighted by molar-refractivity contribution is 0.0918. The zero-order chi connectivity index (χ0) is 16.5. The number of hydrogen-bond acceptors (Lipinski definition) is 3. The maximum absolute atomic E-state index is 12.9. The van der Waals surface area contributed by atoms with Crippen molar-refractivity contribution in [2.45, 2.75) is 18.9 Å². The van der Waals surface area contributed by atoms with Gasteiger partial charge in [0.2, 0.25) is 0 Å². The number of aromatic nitrogens is 1. The van der Waals surface area contributed by atoms with Gasteiger partial charge in [0.1, 0.15) is 0 Å². The van der Waals surface area contributed by atoms with Crippen LogP contribution in [0.15, 0.2) is 48.7 Å². The molecule has 3 aromatic rings. The Morgan fingerprint density at radius 1 is 1.12 bits per heavy atom. The first kappa shape index (κ1) is 15.1. The van der Waals surface area contributed by atoms with Crippen molar-refractivity contribution >= 4 is 27.6 Å². The summed E-state index contributed by atoms with van der Waals surface area (Å²) < 4.78 is 0.